The van der Waals surface area contributed by atoms with Gasteiger partial charge < -0.3 is 29.1 Å². The van der Waals surface area contributed by atoms with Gasteiger partial charge in [-0.3, -0.25) is 9.59 Å². The number of likely N-dealkylation sites (N-methyl/N-ethyl adjacent to an activating group) is 1. The molecule has 194 valence electrons. The highest BCUT2D eigenvalue weighted by molar-refractivity contribution is 6.46. The summed E-state index contributed by atoms with van der Waals surface area (Å²) in [6, 6.07) is 9.66. The van der Waals surface area contributed by atoms with Crippen LogP contribution in [0.25, 0.3) is 5.76 Å². The first-order chi connectivity index (χ1) is 17.2. The number of nitrogens with zero attached hydrogens (tertiary/aromatic N) is 2. The zero-order valence-electron chi connectivity index (χ0n) is 22.0. The highest BCUT2D eigenvalue weighted by atomic mass is 16.5. The van der Waals surface area contributed by atoms with E-state index in [0.29, 0.717) is 42.3 Å². The van der Waals surface area contributed by atoms with E-state index < -0.39 is 17.7 Å². The number of amides is 1. The topological polar surface area (TPSA) is 88.5 Å². The van der Waals surface area contributed by atoms with Crippen molar-refractivity contribution >= 4 is 17.4 Å². The fourth-order valence-corrected chi connectivity index (χ4v) is 4.23. The zero-order valence-corrected chi connectivity index (χ0v) is 22.0. The van der Waals surface area contributed by atoms with Gasteiger partial charge in [-0.2, -0.15) is 0 Å². The molecule has 0 bridgehead atoms. The first-order valence-corrected chi connectivity index (χ1v) is 12.1. The Hall–Kier alpha value is -3.52. The van der Waals surface area contributed by atoms with Crippen LogP contribution in [-0.2, 0) is 9.59 Å². The number of ketones is 1. The zero-order chi connectivity index (χ0) is 26.4. The van der Waals surface area contributed by atoms with Crippen LogP contribution in [0.3, 0.4) is 0 Å². The number of Topliss-reactive ketones (excluding diaryl/α,β-unsaturated/α-hetero) is 1. The van der Waals surface area contributed by atoms with Gasteiger partial charge in [0.25, 0.3) is 11.7 Å². The van der Waals surface area contributed by atoms with E-state index in [2.05, 4.69) is 6.92 Å². The Morgan fingerprint density at radius 1 is 1.06 bits per heavy atom. The quantitative estimate of drug-likeness (QED) is 0.216. The molecule has 1 heterocycles. The molecule has 1 aliphatic heterocycles. The fourth-order valence-electron chi connectivity index (χ4n) is 4.23. The molecule has 1 N–H and O–H groups in total. The molecule has 0 spiro atoms. The van der Waals surface area contributed by atoms with E-state index in [1.807, 2.05) is 25.9 Å². The van der Waals surface area contributed by atoms with Gasteiger partial charge in [0.15, 0.2) is 0 Å². The molecule has 1 amide bonds. The third-order valence-corrected chi connectivity index (χ3v) is 6.27. The maximum Gasteiger partial charge on any atom is 0.295 e. The van der Waals surface area contributed by atoms with Crippen LogP contribution in [0.4, 0.5) is 0 Å². The summed E-state index contributed by atoms with van der Waals surface area (Å²) in [4.78, 5) is 29.9. The summed E-state index contributed by atoms with van der Waals surface area (Å²) in [5, 5.41) is 11.4. The molecule has 8 nitrogen and oxygen atoms in total. The normalized spacial score (nSPS) is 17.1. The van der Waals surface area contributed by atoms with Crippen LogP contribution in [0, 0.1) is 6.92 Å². The summed E-state index contributed by atoms with van der Waals surface area (Å²) in [7, 11) is 6.86. The number of carbonyl (C=O) groups excluding carboxylic acids is 2. The van der Waals surface area contributed by atoms with Gasteiger partial charge in [-0.05, 0) is 63.3 Å². The maximum atomic E-state index is 13.3. The number of benzene rings is 2. The van der Waals surface area contributed by atoms with Crippen LogP contribution in [0.1, 0.15) is 42.5 Å². The molecule has 0 radical (unpaired) electrons. The summed E-state index contributed by atoms with van der Waals surface area (Å²) < 4.78 is 16.7. The molecule has 1 saturated heterocycles. The first kappa shape index (κ1) is 27.1. The second-order valence-corrected chi connectivity index (χ2v) is 9.09. The van der Waals surface area contributed by atoms with Crippen molar-refractivity contribution in [2.24, 2.45) is 0 Å². The standard InChI is InChI=1S/C28H36N2O6/c1-7-8-15-36-22-12-9-19(16-18(22)2)26(31)24-25(21-11-10-20(34-5)17-23(21)35-6)30(14-13-29(3)4)28(33)27(24)32/h9-12,16-17,25,31H,7-8,13-15H2,1-6H3/t25-/m0/s1. The van der Waals surface area contributed by atoms with E-state index in [0.717, 1.165) is 24.2 Å². The molecule has 3 rings (SSSR count). The monoisotopic (exact) mass is 496 g/mol. The summed E-state index contributed by atoms with van der Waals surface area (Å²) in [5.74, 6) is 0.146. The van der Waals surface area contributed by atoms with E-state index in [4.69, 9.17) is 14.2 Å². The average Bonchev–Trinajstić information content (AvgIpc) is 3.12. The molecule has 2 aromatic rings. The van der Waals surface area contributed by atoms with Crippen LogP contribution in [0.5, 0.6) is 17.2 Å². The second-order valence-electron chi connectivity index (χ2n) is 9.09. The number of likely N-dealkylation sites (tertiary alicyclic amines) is 1. The fraction of sp³-hybridized carbons (Fsp3) is 0.429. The molecule has 0 aliphatic carbocycles. The molecule has 0 unspecified atom stereocenters. The molecular formula is C28H36N2O6. The van der Waals surface area contributed by atoms with E-state index >= 15 is 0 Å². The lowest BCUT2D eigenvalue weighted by atomic mass is 9.94. The smallest absolute Gasteiger partial charge is 0.295 e. The van der Waals surface area contributed by atoms with Crippen molar-refractivity contribution in [3.63, 3.8) is 0 Å². The number of aliphatic hydroxyl groups is 1. The van der Waals surface area contributed by atoms with Crippen molar-refractivity contribution in [3.8, 4) is 17.2 Å². The van der Waals surface area contributed by atoms with Gasteiger partial charge in [0.1, 0.15) is 23.0 Å². The Balaban J connectivity index is 2.13. The Morgan fingerprint density at radius 2 is 1.81 bits per heavy atom. The molecule has 2 aromatic carbocycles. The Morgan fingerprint density at radius 3 is 2.42 bits per heavy atom. The number of rotatable bonds is 11. The minimum absolute atomic E-state index is 0.0290. The van der Waals surface area contributed by atoms with Gasteiger partial charge in [-0.25, -0.2) is 0 Å². The number of carbonyl (C=O) groups is 2. The van der Waals surface area contributed by atoms with Gasteiger partial charge in [0.05, 0.1) is 32.4 Å². The lowest BCUT2D eigenvalue weighted by Crippen LogP contribution is -2.35. The minimum Gasteiger partial charge on any atom is -0.507 e. The van der Waals surface area contributed by atoms with Gasteiger partial charge >= 0.3 is 0 Å². The van der Waals surface area contributed by atoms with Gasteiger partial charge in [-0.15, -0.1) is 0 Å². The summed E-state index contributed by atoms with van der Waals surface area (Å²) >= 11 is 0. The van der Waals surface area contributed by atoms with E-state index in [1.165, 1.54) is 12.0 Å². The molecule has 36 heavy (non-hydrogen) atoms. The van der Waals surface area contributed by atoms with Crippen molar-refractivity contribution in [3.05, 3.63) is 58.7 Å². The molecule has 1 aliphatic rings. The van der Waals surface area contributed by atoms with Crippen molar-refractivity contribution in [1.82, 2.24) is 9.80 Å². The van der Waals surface area contributed by atoms with Crippen LogP contribution in [-0.4, -0.2) is 74.6 Å². The number of hydrogen-bond acceptors (Lipinski definition) is 7. The maximum absolute atomic E-state index is 13.3. The van der Waals surface area contributed by atoms with E-state index in [9.17, 15) is 14.7 Å². The number of ether oxygens (including phenoxy) is 3. The molecule has 1 atom stereocenters. The highest BCUT2D eigenvalue weighted by Crippen LogP contribution is 2.43. The molecule has 1 fully saturated rings. The number of methoxy groups -OCH3 is 2. The number of aliphatic hydroxyl groups excluding tert-OH is 1. The number of aryl methyl sites for hydroxylation is 1. The SMILES string of the molecule is CCCCOc1ccc(C(O)=C2C(=O)C(=O)N(CCN(C)C)[C@H]2c2ccc(OC)cc2OC)cc1C. The molecule has 0 saturated carbocycles. The number of unbranched alkanes of at least 4 members (excludes halogenated alkanes) is 1. The van der Waals surface area contributed by atoms with Crippen LogP contribution in [0.2, 0.25) is 0 Å². The van der Waals surface area contributed by atoms with E-state index in [1.54, 1.807) is 43.5 Å². The summed E-state index contributed by atoms with van der Waals surface area (Å²) in [6.45, 7) is 5.44. The second kappa shape index (κ2) is 11.9. The van der Waals surface area contributed by atoms with Gasteiger partial charge in [0, 0.05) is 30.3 Å². The average molecular weight is 497 g/mol. The predicted octanol–water partition coefficient (Wildman–Crippen LogP) is 4.17. The van der Waals surface area contributed by atoms with Gasteiger partial charge in [0.2, 0.25) is 0 Å². The van der Waals surface area contributed by atoms with Crippen LogP contribution in [0.15, 0.2) is 42.0 Å². The lowest BCUT2D eigenvalue weighted by molar-refractivity contribution is -0.140. The molecule has 0 aromatic heterocycles. The third kappa shape index (κ3) is 5.65. The Bertz CT molecular complexity index is 1140. The molecule has 8 heteroatoms. The van der Waals surface area contributed by atoms with E-state index in [-0.39, 0.29) is 11.3 Å². The lowest BCUT2D eigenvalue weighted by Gasteiger charge is -2.27. The Kier molecular flexibility index (Phi) is 8.98. The van der Waals surface area contributed by atoms with Crippen molar-refractivity contribution in [1.29, 1.82) is 0 Å². The third-order valence-electron chi connectivity index (χ3n) is 6.27. The summed E-state index contributed by atoms with van der Waals surface area (Å²) in [6.07, 6.45) is 1.97. The van der Waals surface area contributed by atoms with Gasteiger partial charge in [-0.1, -0.05) is 13.3 Å². The Labute approximate surface area is 213 Å². The van der Waals surface area contributed by atoms with Crippen molar-refractivity contribution in [2.45, 2.75) is 32.7 Å². The van der Waals surface area contributed by atoms with Crippen molar-refractivity contribution in [2.75, 3.05) is 48.0 Å². The van der Waals surface area contributed by atoms with Crippen LogP contribution >= 0.6 is 0 Å². The first-order valence-electron chi connectivity index (χ1n) is 12.1. The number of hydrogen-bond donors (Lipinski definition) is 1. The van der Waals surface area contributed by atoms with Crippen LogP contribution < -0.4 is 14.2 Å². The van der Waals surface area contributed by atoms with Crippen molar-refractivity contribution < 1.29 is 28.9 Å². The highest BCUT2D eigenvalue weighted by Gasteiger charge is 2.47. The largest absolute Gasteiger partial charge is 0.507 e. The predicted molar refractivity (Wildman–Crippen MR) is 139 cm³/mol. The minimum atomic E-state index is -0.813. The summed E-state index contributed by atoms with van der Waals surface area (Å²) in [5.41, 5.74) is 1.89. The molecular weight excluding hydrogens is 460 g/mol.